The van der Waals surface area contributed by atoms with E-state index < -0.39 is 0 Å². The van der Waals surface area contributed by atoms with Crippen LogP contribution >= 0.6 is 0 Å². The first-order chi connectivity index (χ1) is 6.92. The molecule has 0 heteroatoms. The summed E-state index contributed by atoms with van der Waals surface area (Å²) in [5.41, 5.74) is 0.502. The van der Waals surface area contributed by atoms with Crippen molar-refractivity contribution in [3.05, 3.63) is 12.2 Å². The Morgan fingerprint density at radius 1 is 1.07 bits per heavy atom. The predicted octanol–water partition coefficient (Wildman–Crippen LogP) is 5.44. The molecule has 0 aliphatic heterocycles. The Morgan fingerprint density at radius 2 is 1.67 bits per heavy atom. The van der Waals surface area contributed by atoms with Gasteiger partial charge < -0.3 is 0 Å². The second-order valence-corrected chi connectivity index (χ2v) is 5.86. The van der Waals surface area contributed by atoms with Crippen LogP contribution in [0.3, 0.4) is 0 Å². The molecular weight excluding hydrogens is 180 g/mol. The van der Waals surface area contributed by atoms with Crippen LogP contribution in [0.15, 0.2) is 12.2 Å². The van der Waals surface area contributed by atoms with Crippen LogP contribution in [-0.4, -0.2) is 0 Å². The Kier molecular flexibility index (Phi) is 6.96. The molecule has 0 aromatic rings. The third kappa shape index (κ3) is 6.02. The van der Waals surface area contributed by atoms with Gasteiger partial charge in [0.25, 0.3) is 0 Å². The smallest absolute Gasteiger partial charge is 0.0268 e. The summed E-state index contributed by atoms with van der Waals surface area (Å²) in [6, 6.07) is 0. The van der Waals surface area contributed by atoms with E-state index in [1.807, 2.05) is 0 Å². The number of hydrogen-bond acceptors (Lipinski definition) is 0. The summed E-state index contributed by atoms with van der Waals surface area (Å²) in [6.07, 6.45) is 9.87. The van der Waals surface area contributed by atoms with Crippen molar-refractivity contribution in [3.63, 3.8) is 0 Å². The maximum Gasteiger partial charge on any atom is -0.0268 e. The Balaban J connectivity index is 4.12. The second-order valence-electron chi connectivity index (χ2n) is 5.86. The van der Waals surface area contributed by atoms with E-state index in [4.69, 9.17) is 0 Å². The molecule has 0 spiro atoms. The third-order valence-electron chi connectivity index (χ3n) is 3.57. The quantitative estimate of drug-likeness (QED) is 0.491. The largest absolute Gasteiger partial charge is 0.0883 e. The minimum Gasteiger partial charge on any atom is -0.0883 e. The standard InChI is InChI=1S/C15H30/c1-7-11-15(6,14(4)5)12-9-8-10-13(2)3/h8-9,13-14H,7,10-12H2,1-6H3. The van der Waals surface area contributed by atoms with E-state index in [2.05, 4.69) is 53.7 Å². The van der Waals surface area contributed by atoms with Crippen LogP contribution in [0.2, 0.25) is 0 Å². The van der Waals surface area contributed by atoms with Crippen LogP contribution in [0.1, 0.15) is 67.2 Å². The van der Waals surface area contributed by atoms with Gasteiger partial charge in [-0.15, -0.1) is 0 Å². The van der Waals surface area contributed by atoms with Gasteiger partial charge in [-0.05, 0) is 36.5 Å². The lowest BCUT2D eigenvalue weighted by Gasteiger charge is -2.32. The van der Waals surface area contributed by atoms with Crippen LogP contribution < -0.4 is 0 Å². The van der Waals surface area contributed by atoms with Gasteiger partial charge in [0.2, 0.25) is 0 Å². The summed E-state index contributed by atoms with van der Waals surface area (Å²) in [6.45, 7) is 14.0. The molecule has 0 N–H and O–H groups in total. The summed E-state index contributed by atoms with van der Waals surface area (Å²) in [5, 5.41) is 0. The molecule has 0 amide bonds. The molecule has 15 heavy (non-hydrogen) atoms. The lowest BCUT2D eigenvalue weighted by Crippen LogP contribution is -2.22. The molecule has 0 aliphatic carbocycles. The lowest BCUT2D eigenvalue weighted by atomic mass is 9.73. The molecule has 0 rings (SSSR count). The zero-order valence-electron chi connectivity index (χ0n) is 11.6. The van der Waals surface area contributed by atoms with Crippen molar-refractivity contribution >= 4 is 0 Å². The minimum atomic E-state index is 0.502. The van der Waals surface area contributed by atoms with Crippen LogP contribution in [0.25, 0.3) is 0 Å². The first-order valence-corrected chi connectivity index (χ1v) is 6.57. The molecule has 0 aliphatic rings. The van der Waals surface area contributed by atoms with Crippen molar-refractivity contribution < 1.29 is 0 Å². The van der Waals surface area contributed by atoms with Gasteiger partial charge >= 0.3 is 0 Å². The fourth-order valence-electron chi connectivity index (χ4n) is 1.92. The molecular formula is C15H30. The number of hydrogen-bond donors (Lipinski definition) is 0. The molecule has 0 bridgehead atoms. The van der Waals surface area contributed by atoms with E-state index in [0.717, 1.165) is 11.8 Å². The summed E-state index contributed by atoms with van der Waals surface area (Å²) < 4.78 is 0. The monoisotopic (exact) mass is 210 g/mol. The first-order valence-electron chi connectivity index (χ1n) is 6.57. The molecule has 1 unspecified atom stereocenters. The van der Waals surface area contributed by atoms with Crippen molar-refractivity contribution in [3.8, 4) is 0 Å². The molecule has 0 saturated carbocycles. The number of allylic oxidation sites excluding steroid dienone is 2. The topological polar surface area (TPSA) is 0 Å². The molecule has 0 aromatic heterocycles. The van der Waals surface area contributed by atoms with Gasteiger partial charge in [-0.2, -0.15) is 0 Å². The van der Waals surface area contributed by atoms with Crippen LogP contribution in [0.5, 0.6) is 0 Å². The molecule has 0 aromatic carbocycles. The van der Waals surface area contributed by atoms with Gasteiger partial charge in [0.1, 0.15) is 0 Å². The van der Waals surface area contributed by atoms with E-state index in [-0.39, 0.29) is 0 Å². The van der Waals surface area contributed by atoms with Gasteiger partial charge in [0.05, 0.1) is 0 Å². The Morgan fingerprint density at radius 3 is 2.07 bits per heavy atom. The molecule has 90 valence electrons. The molecule has 0 nitrogen and oxygen atoms in total. The summed E-state index contributed by atoms with van der Waals surface area (Å²) in [4.78, 5) is 0. The van der Waals surface area contributed by atoms with Crippen molar-refractivity contribution in [2.75, 3.05) is 0 Å². The fourth-order valence-corrected chi connectivity index (χ4v) is 1.92. The first kappa shape index (κ1) is 14.7. The average molecular weight is 210 g/mol. The normalized spacial score (nSPS) is 16.5. The molecule has 0 fully saturated rings. The lowest BCUT2D eigenvalue weighted by molar-refractivity contribution is 0.200. The summed E-state index contributed by atoms with van der Waals surface area (Å²) >= 11 is 0. The van der Waals surface area contributed by atoms with E-state index in [1.165, 1.54) is 25.7 Å². The second kappa shape index (κ2) is 7.09. The zero-order chi connectivity index (χ0) is 11.9. The molecule has 0 heterocycles. The van der Waals surface area contributed by atoms with Crippen LogP contribution in [-0.2, 0) is 0 Å². The van der Waals surface area contributed by atoms with Crippen molar-refractivity contribution in [2.24, 2.45) is 17.3 Å². The van der Waals surface area contributed by atoms with Gasteiger partial charge in [-0.25, -0.2) is 0 Å². The van der Waals surface area contributed by atoms with Crippen molar-refractivity contribution in [1.82, 2.24) is 0 Å². The Labute approximate surface area is 97.2 Å². The minimum absolute atomic E-state index is 0.502. The highest BCUT2D eigenvalue weighted by molar-refractivity contribution is 4.90. The van der Waals surface area contributed by atoms with Crippen molar-refractivity contribution in [2.45, 2.75) is 67.2 Å². The fraction of sp³-hybridized carbons (Fsp3) is 0.867. The van der Waals surface area contributed by atoms with Gasteiger partial charge in [0.15, 0.2) is 0 Å². The SMILES string of the molecule is CCCC(C)(CC=CCC(C)C)C(C)C. The van der Waals surface area contributed by atoms with E-state index in [0.29, 0.717) is 5.41 Å². The van der Waals surface area contributed by atoms with Crippen LogP contribution in [0.4, 0.5) is 0 Å². The predicted molar refractivity (Wildman–Crippen MR) is 71.1 cm³/mol. The molecule has 0 saturated heterocycles. The highest BCUT2D eigenvalue weighted by atomic mass is 14.3. The van der Waals surface area contributed by atoms with Gasteiger partial charge in [-0.1, -0.05) is 60.1 Å². The maximum absolute atomic E-state index is 2.43. The third-order valence-corrected chi connectivity index (χ3v) is 3.57. The highest BCUT2D eigenvalue weighted by Crippen LogP contribution is 2.36. The Hall–Kier alpha value is -0.260. The van der Waals surface area contributed by atoms with E-state index in [1.54, 1.807) is 0 Å². The molecule has 1 atom stereocenters. The van der Waals surface area contributed by atoms with Gasteiger partial charge in [0, 0.05) is 0 Å². The maximum atomic E-state index is 2.43. The van der Waals surface area contributed by atoms with Gasteiger partial charge in [-0.3, -0.25) is 0 Å². The van der Waals surface area contributed by atoms with E-state index >= 15 is 0 Å². The highest BCUT2D eigenvalue weighted by Gasteiger charge is 2.25. The average Bonchev–Trinajstić information content (AvgIpc) is 2.12. The van der Waals surface area contributed by atoms with Crippen LogP contribution in [0, 0.1) is 17.3 Å². The molecule has 0 radical (unpaired) electrons. The summed E-state index contributed by atoms with van der Waals surface area (Å²) in [7, 11) is 0. The van der Waals surface area contributed by atoms with Crippen molar-refractivity contribution in [1.29, 1.82) is 0 Å². The van der Waals surface area contributed by atoms with E-state index in [9.17, 15) is 0 Å². The summed E-state index contributed by atoms with van der Waals surface area (Å²) in [5.74, 6) is 1.57. The zero-order valence-corrected chi connectivity index (χ0v) is 11.6. The Bertz CT molecular complexity index is 176. The number of rotatable bonds is 7.